The minimum absolute atomic E-state index is 0.0607. The van der Waals surface area contributed by atoms with E-state index in [1.807, 2.05) is 0 Å². The van der Waals surface area contributed by atoms with E-state index in [0.717, 1.165) is 0 Å². The number of rotatable bonds is 4. The summed E-state index contributed by atoms with van der Waals surface area (Å²) in [5, 5.41) is 2.63. The van der Waals surface area contributed by atoms with Crippen LogP contribution in [0.2, 0.25) is 0 Å². The molecule has 0 aliphatic carbocycles. The SMILES string of the molecule is Fc1ccccc1NC(CC(F)(F)F)c1ccccc1. The van der Waals surface area contributed by atoms with Crippen molar-refractivity contribution in [3.05, 3.63) is 66.0 Å². The highest BCUT2D eigenvalue weighted by Crippen LogP contribution is 2.32. The molecule has 1 nitrogen and oxygen atoms in total. The molecule has 0 aliphatic heterocycles. The number of alkyl halides is 3. The van der Waals surface area contributed by atoms with Gasteiger partial charge in [-0.2, -0.15) is 13.2 Å². The van der Waals surface area contributed by atoms with E-state index in [-0.39, 0.29) is 5.69 Å². The van der Waals surface area contributed by atoms with E-state index in [2.05, 4.69) is 5.32 Å². The molecule has 20 heavy (non-hydrogen) atoms. The van der Waals surface area contributed by atoms with Crippen molar-refractivity contribution in [2.45, 2.75) is 18.6 Å². The second-order valence-electron chi connectivity index (χ2n) is 4.41. The predicted molar refractivity (Wildman–Crippen MR) is 69.9 cm³/mol. The number of hydrogen-bond acceptors (Lipinski definition) is 1. The molecule has 2 rings (SSSR count). The summed E-state index contributed by atoms with van der Waals surface area (Å²) in [6.45, 7) is 0. The molecule has 0 fully saturated rings. The minimum Gasteiger partial charge on any atom is -0.376 e. The van der Waals surface area contributed by atoms with Crippen molar-refractivity contribution in [1.29, 1.82) is 0 Å². The maximum absolute atomic E-state index is 13.6. The number of anilines is 1. The summed E-state index contributed by atoms with van der Waals surface area (Å²) < 4.78 is 51.5. The molecule has 1 atom stereocenters. The minimum atomic E-state index is -4.33. The standard InChI is InChI=1S/C15H13F4N/c16-12-8-4-5-9-13(12)20-14(10-15(17,18)19)11-6-2-1-3-7-11/h1-9,14,20H,10H2. The average Bonchev–Trinajstić information content (AvgIpc) is 2.40. The predicted octanol–water partition coefficient (Wildman–Crippen LogP) is 4.93. The van der Waals surface area contributed by atoms with Crippen molar-refractivity contribution in [2.75, 3.05) is 5.32 Å². The van der Waals surface area contributed by atoms with Crippen LogP contribution in [0, 0.1) is 5.82 Å². The van der Waals surface area contributed by atoms with Crippen LogP contribution < -0.4 is 5.32 Å². The second-order valence-corrected chi connectivity index (χ2v) is 4.41. The van der Waals surface area contributed by atoms with Gasteiger partial charge in [0.2, 0.25) is 0 Å². The van der Waals surface area contributed by atoms with Crippen molar-refractivity contribution in [3.8, 4) is 0 Å². The molecule has 106 valence electrons. The molecule has 5 heteroatoms. The Morgan fingerprint density at radius 1 is 0.900 bits per heavy atom. The molecule has 0 radical (unpaired) electrons. The van der Waals surface area contributed by atoms with Gasteiger partial charge in [-0.1, -0.05) is 42.5 Å². The van der Waals surface area contributed by atoms with Crippen LogP contribution in [-0.2, 0) is 0 Å². The van der Waals surface area contributed by atoms with Crippen molar-refractivity contribution < 1.29 is 17.6 Å². The first-order valence-electron chi connectivity index (χ1n) is 6.08. The molecule has 0 spiro atoms. The first kappa shape index (κ1) is 14.4. The van der Waals surface area contributed by atoms with Gasteiger partial charge in [-0.05, 0) is 17.7 Å². The number of hydrogen-bond donors (Lipinski definition) is 1. The highest BCUT2D eigenvalue weighted by molar-refractivity contribution is 5.46. The molecule has 1 unspecified atom stereocenters. The fourth-order valence-electron chi connectivity index (χ4n) is 1.93. The van der Waals surface area contributed by atoms with Crippen LogP contribution in [0.1, 0.15) is 18.0 Å². The summed E-state index contributed by atoms with van der Waals surface area (Å²) in [5.41, 5.74) is 0.527. The third kappa shape index (κ3) is 3.98. The van der Waals surface area contributed by atoms with E-state index in [4.69, 9.17) is 0 Å². The smallest absolute Gasteiger partial charge is 0.376 e. The highest BCUT2D eigenvalue weighted by atomic mass is 19.4. The normalized spacial score (nSPS) is 13.0. The Balaban J connectivity index is 2.26. The van der Waals surface area contributed by atoms with E-state index in [9.17, 15) is 17.6 Å². The van der Waals surface area contributed by atoms with Gasteiger partial charge in [0.15, 0.2) is 0 Å². The van der Waals surface area contributed by atoms with Gasteiger partial charge < -0.3 is 5.32 Å². The quantitative estimate of drug-likeness (QED) is 0.784. The molecule has 0 aliphatic rings. The van der Waals surface area contributed by atoms with Gasteiger partial charge in [-0.25, -0.2) is 4.39 Å². The summed E-state index contributed by atoms with van der Waals surface area (Å²) in [7, 11) is 0. The van der Waals surface area contributed by atoms with Crippen molar-refractivity contribution in [1.82, 2.24) is 0 Å². The Morgan fingerprint density at radius 2 is 1.50 bits per heavy atom. The molecule has 2 aromatic rings. The summed E-state index contributed by atoms with van der Waals surface area (Å²) >= 11 is 0. The molecular weight excluding hydrogens is 270 g/mol. The molecule has 0 saturated carbocycles. The van der Waals surface area contributed by atoms with E-state index in [1.54, 1.807) is 36.4 Å². The van der Waals surface area contributed by atoms with Crippen LogP contribution in [0.5, 0.6) is 0 Å². The fraction of sp³-hybridized carbons (Fsp3) is 0.200. The lowest BCUT2D eigenvalue weighted by Crippen LogP contribution is -2.20. The van der Waals surface area contributed by atoms with E-state index < -0.39 is 24.5 Å². The number of halogens is 4. The van der Waals surface area contributed by atoms with Crippen molar-refractivity contribution >= 4 is 5.69 Å². The molecule has 0 saturated heterocycles. The Hall–Kier alpha value is -2.04. The Kier molecular flexibility index (Phi) is 4.27. The van der Waals surface area contributed by atoms with E-state index >= 15 is 0 Å². The zero-order valence-corrected chi connectivity index (χ0v) is 10.5. The van der Waals surface area contributed by atoms with Gasteiger partial charge in [0, 0.05) is 0 Å². The molecule has 0 aromatic heterocycles. The van der Waals surface area contributed by atoms with Crippen LogP contribution in [0.15, 0.2) is 54.6 Å². The second kappa shape index (κ2) is 5.94. The maximum Gasteiger partial charge on any atom is 0.391 e. The van der Waals surface area contributed by atoms with Gasteiger partial charge >= 0.3 is 6.18 Å². The van der Waals surface area contributed by atoms with Crippen LogP contribution in [-0.4, -0.2) is 6.18 Å². The summed E-state index contributed by atoms with van der Waals surface area (Å²) in [4.78, 5) is 0. The van der Waals surface area contributed by atoms with Crippen LogP contribution in [0.25, 0.3) is 0 Å². The van der Waals surface area contributed by atoms with Gasteiger partial charge in [0.1, 0.15) is 5.82 Å². The summed E-state index contributed by atoms with van der Waals surface area (Å²) in [6, 6.07) is 12.9. The number of benzene rings is 2. The maximum atomic E-state index is 13.6. The van der Waals surface area contributed by atoms with E-state index in [0.29, 0.717) is 5.56 Å². The lowest BCUT2D eigenvalue weighted by atomic mass is 10.0. The first-order chi connectivity index (χ1) is 9.46. The Bertz CT molecular complexity index is 551. The molecule has 0 amide bonds. The van der Waals surface area contributed by atoms with Crippen LogP contribution >= 0.6 is 0 Å². The lowest BCUT2D eigenvalue weighted by Gasteiger charge is -2.22. The average molecular weight is 283 g/mol. The third-order valence-electron chi connectivity index (χ3n) is 2.84. The third-order valence-corrected chi connectivity index (χ3v) is 2.84. The first-order valence-corrected chi connectivity index (χ1v) is 6.08. The summed E-state index contributed by atoms with van der Waals surface area (Å²) in [6.07, 6.45) is -5.40. The monoisotopic (exact) mass is 283 g/mol. The Labute approximate surface area is 114 Å². The topological polar surface area (TPSA) is 12.0 Å². The summed E-state index contributed by atoms with van der Waals surface area (Å²) in [5.74, 6) is -0.574. The van der Waals surface area contributed by atoms with E-state index in [1.165, 1.54) is 18.2 Å². The number of para-hydroxylation sites is 1. The Morgan fingerprint density at radius 3 is 2.10 bits per heavy atom. The largest absolute Gasteiger partial charge is 0.391 e. The molecule has 0 heterocycles. The van der Waals surface area contributed by atoms with Gasteiger partial charge in [-0.15, -0.1) is 0 Å². The molecule has 1 N–H and O–H groups in total. The van der Waals surface area contributed by atoms with Crippen LogP contribution in [0.4, 0.5) is 23.2 Å². The molecular formula is C15H13F4N. The van der Waals surface area contributed by atoms with Crippen molar-refractivity contribution in [2.24, 2.45) is 0 Å². The zero-order valence-electron chi connectivity index (χ0n) is 10.5. The van der Waals surface area contributed by atoms with Gasteiger partial charge in [0.25, 0.3) is 0 Å². The number of nitrogens with one attached hydrogen (secondary N) is 1. The van der Waals surface area contributed by atoms with Crippen molar-refractivity contribution in [3.63, 3.8) is 0 Å². The molecule has 2 aromatic carbocycles. The van der Waals surface area contributed by atoms with Crippen LogP contribution in [0.3, 0.4) is 0 Å². The fourth-order valence-corrected chi connectivity index (χ4v) is 1.93. The van der Waals surface area contributed by atoms with Gasteiger partial charge in [-0.3, -0.25) is 0 Å². The highest BCUT2D eigenvalue weighted by Gasteiger charge is 2.32. The van der Waals surface area contributed by atoms with Gasteiger partial charge in [0.05, 0.1) is 18.2 Å². The zero-order chi connectivity index (χ0) is 14.6. The lowest BCUT2D eigenvalue weighted by molar-refractivity contribution is -0.137. The molecule has 0 bridgehead atoms.